The molecule has 0 spiro atoms. The molecule has 0 fully saturated rings. The van der Waals surface area contributed by atoms with Gasteiger partial charge in [0, 0.05) is 6.42 Å². The molecule has 0 bridgehead atoms. The average Bonchev–Trinajstić information content (AvgIpc) is 2.15. The largest absolute Gasteiger partial charge is 0.281 e. The Hall–Kier alpha value is -1.03. The first-order chi connectivity index (χ1) is 7.00. The molecule has 0 aliphatic rings. The first-order valence-electron chi connectivity index (χ1n) is 4.23. The highest BCUT2D eigenvalue weighted by Crippen LogP contribution is 2.25. The lowest BCUT2D eigenvalue weighted by molar-refractivity contribution is -0.113. The Morgan fingerprint density at radius 3 is 2.20 bits per heavy atom. The second-order valence-corrected chi connectivity index (χ2v) is 3.41. The van der Waals surface area contributed by atoms with Crippen LogP contribution in [0.15, 0.2) is 24.3 Å². The third-order valence-electron chi connectivity index (χ3n) is 1.96. The van der Waals surface area contributed by atoms with Crippen LogP contribution in [-0.4, -0.2) is 11.7 Å². The highest BCUT2D eigenvalue weighted by molar-refractivity contribution is 6.64. The predicted molar refractivity (Wildman–Crippen MR) is 50.6 cm³/mol. The summed E-state index contributed by atoms with van der Waals surface area (Å²) in [5.41, 5.74) is 0.303. The minimum atomic E-state index is -2.62. The van der Waals surface area contributed by atoms with Crippen molar-refractivity contribution >= 4 is 16.8 Å². The third-order valence-corrected chi connectivity index (χ3v) is 2.22. The van der Waals surface area contributed by atoms with Crippen molar-refractivity contribution in [3.05, 3.63) is 35.6 Å². The second-order valence-electron chi connectivity index (χ2n) is 3.04. The van der Waals surface area contributed by atoms with Crippen LogP contribution in [-0.2, 0) is 4.79 Å². The molecule has 82 valence electrons. The lowest BCUT2D eigenvalue weighted by Crippen LogP contribution is -2.11. The van der Waals surface area contributed by atoms with E-state index < -0.39 is 29.8 Å². The minimum absolute atomic E-state index is 0.303. The average molecular weight is 237 g/mol. The molecule has 1 rings (SSSR count). The molecule has 0 heterocycles. The summed E-state index contributed by atoms with van der Waals surface area (Å²) in [6, 6.07) is 4.77. The van der Waals surface area contributed by atoms with Crippen LogP contribution in [0.4, 0.5) is 13.2 Å². The molecule has 5 heteroatoms. The van der Waals surface area contributed by atoms with E-state index in [1.54, 1.807) is 0 Å². The molecular formula is C10H8ClF3O. The fourth-order valence-electron chi connectivity index (χ4n) is 1.23. The summed E-state index contributed by atoms with van der Waals surface area (Å²) in [5.74, 6) is -1.57. The Morgan fingerprint density at radius 2 is 1.80 bits per heavy atom. The fraction of sp³-hybridized carbons (Fsp3) is 0.300. The Kier molecular flexibility index (Phi) is 4.15. The van der Waals surface area contributed by atoms with Gasteiger partial charge in [-0.05, 0) is 29.3 Å². The molecule has 0 saturated heterocycles. The number of halogens is 4. The zero-order valence-electron chi connectivity index (χ0n) is 7.59. The number of carbonyl (C=O) groups is 1. The maximum absolute atomic E-state index is 12.5. The van der Waals surface area contributed by atoms with Gasteiger partial charge in [-0.3, -0.25) is 4.79 Å². The van der Waals surface area contributed by atoms with E-state index in [0.717, 1.165) is 12.1 Å². The minimum Gasteiger partial charge on any atom is -0.281 e. The van der Waals surface area contributed by atoms with E-state index in [1.807, 2.05) is 0 Å². The molecule has 0 saturated carbocycles. The monoisotopic (exact) mass is 236 g/mol. The van der Waals surface area contributed by atoms with Gasteiger partial charge >= 0.3 is 0 Å². The standard InChI is InChI=1S/C10H8ClF3O/c11-10(15)8(5-9(13)14)6-1-3-7(12)4-2-6/h1-4,8-9H,5H2/t8-/m1/s1. The normalized spacial score (nSPS) is 12.9. The van der Waals surface area contributed by atoms with Crippen molar-refractivity contribution < 1.29 is 18.0 Å². The van der Waals surface area contributed by atoms with Gasteiger partial charge in [0.1, 0.15) is 5.82 Å². The van der Waals surface area contributed by atoms with Gasteiger partial charge < -0.3 is 0 Å². The molecule has 1 aromatic carbocycles. The van der Waals surface area contributed by atoms with Gasteiger partial charge in [0.15, 0.2) is 0 Å². The number of hydrogen-bond donors (Lipinski definition) is 0. The van der Waals surface area contributed by atoms with Crippen molar-refractivity contribution in [3.63, 3.8) is 0 Å². The Bertz CT molecular complexity index is 337. The van der Waals surface area contributed by atoms with E-state index in [9.17, 15) is 18.0 Å². The quantitative estimate of drug-likeness (QED) is 0.733. The van der Waals surface area contributed by atoms with Gasteiger partial charge in [-0.25, -0.2) is 13.2 Å². The highest BCUT2D eigenvalue weighted by atomic mass is 35.5. The van der Waals surface area contributed by atoms with E-state index in [0.29, 0.717) is 5.56 Å². The summed E-state index contributed by atoms with van der Waals surface area (Å²) in [6.07, 6.45) is -3.27. The Balaban J connectivity index is 2.89. The summed E-state index contributed by atoms with van der Waals surface area (Å²) < 4.78 is 36.8. The van der Waals surface area contributed by atoms with Crippen LogP contribution in [0.3, 0.4) is 0 Å². The lowest BCUT2D eigenvalue weighted by Gasteiger charge is -2.11. The van der Waals surface area contributed by atoms with E-state index in [2.05, 4.69) is 0 Å². The summed E-state index contributed by atoms with van der Waals surface area (Å²) in [7, 11) is 0. The lowest BCUT2D eigenvalue weighted by atomic mass is 9.97. The van der Waals surface area contributed by atoms with Crippen LogP contribution >= 0.6 is 11.6 Å². The summed E-state index contributed by atoms with van der Waals surface area (Å²) in [5, 5.41) is -0.859. The van der Waals surface area contributed by atoms with Crippen molar-refractivity contribution in [2.45, 2.75) is 18.8 Å². The summed E-state index contributed by atoms with van der Waals surface area (Å²) in [6.45, 7) is 0. The number of benzene rings is 1. The zero-order chi connectivity index (χ0) is 11.4. The van der Waals surface area contributed by atoms with Crippen molar-refractivity contribution in [1.29, 1.82) is 0 Å². The summed E-state index contributed by atoms with van der Waals surface area (Å²) >= 11 is 5.20. The molecule has 15 heavy (non-hydrogen) atoms. The van der Waals surface area contributed by atoms with Gasteiger partial charge in [-0.2, -0.15) is 0 Å². The van der Waals surface area contributed by atoms with Gasteiger partial charge in [0.2, 0.25) is 11.7 Å². The summed E-state index contributed by atoms with van der Waals surface area (Å²) in [4.78, 5) is 10.9. The topological polar surface area (TPSA) is 17.1 Å². The van der Waals surface area contributed by atoms with Gasteiger partial charge in [-0.1, -0.05) is 12.1 Å². The number of rotatable bonds is 4. The fourth-order valence-corrected chi connectivity index (χ4v) is 1.45. The SMILES string of the molecule is O=C(Cl)[C@H](CC(F)F)c1ccc(F)cc1. The maximum Gasteiger partial charge on any atom is 0.239 e. The molecule has 0 amide bonds. The Morgan fingerprint density at radius 1 is 1.27 bits per heavy atom. The molecule has 1 atom stereocenters. The number of carbonyl (C=O) groups excluding carboxylic acids is 1. The van der Waals surface area contributed by atoms with E-state index >= 15 is 0 Å². The van der Waals surface area contributed by atoms with E-state index in [-0.39, 0.29) is 0 Å². The van der Waals surface area contributed by atoms with Crippen LogP contribution in [0, 0.1) is 5.82 Å². The van der Waals surface area contributed by atoms with Crippen LogP contribution in [0.2, 0.25) is 0 Å². The molecule has 0 unspecified atom stereocenters. The molecule has 1 aromatic rings. The molecule has 0 radical (unpaired) electrons. The van der Waals surface area contributed by atoms with Crippen molar-refractivity contribution in [2.75, 3.05) is 0 Å². The smallest absolute Gasteiger partial charge is 0.239 e. The van der Waals surface area contributed by atoms with Crippen molar-refractivity contribution in [3.8, 4) is 0 Å². The second kappa shape index (κ2) is 5.16. The van der Waals surface area contributed by atoms with Gasteiger partial charge in [0.25, 0.3) is 0 Å². The van der Waals surface area contributed by atoms with Crippen LogP contribution in [0.1, 0.15) is 17.9 Å². The molecule has 0 aliphatic carbocycles. The maximum atomic E-state index is 12.5. The highest BCUT2D eigenvalue weighted by Gasteiger charge is 2.22. The molecular weight excluding hydrogens is 229 g/mol. The van der Waals surface area contributed by atoms with E-state index in [4.69, 9.17) is 11.6 Å². The zero-order valence-corrected chi connectivity index (χ0v) is 8.35. The Labute approximate surface area is 89.9 Å². The van der Waals surface area contributed by atoms with Crippen LogP contribution < -0.4 is 0 Å². The van der Waals surface area contributed by atoms with Crippen LogP contribution in [0.25, 0.3) is 0 Å². The molecule has 0 aromatic heterocycles. The number of hydrogen-bond acceptors (Lipinski definition) is 1. The molecule has 0 N–H and O–H groups in total. The predicted octanol–water partition coefficient (Wildman–Crippen LogP) is 3.33. The molecule has 1 nitrogen and oxygen atoms in total. The first kappa shape index (κ1) is 12.0. The third kappa shape index (κ3) is 3.55. The molecule has 0 aliphatic heterocycles. The number of alkyl halides is 2. The van der Waals surface area contributed by atoms with Crippen molar-refractivity contribution in [2.24, 2.45) is 0 Å². The first-order valence-corrected chi connectivity index (χ1v) is 4.61. The van der Waals surface area contributed by atoms with Gasteiger partial charge in [0.05, 0.1) is 5.92 Å². The van der Waals surface area contributed by atoms with E-state index in [1.165, 1.54) is 12.1 Å². The van der Waals surface area contributed by atoms with Crippen LogP contribution in [0.5, 0.6) is 0 Å². The van der Waals surface area contributed by atoms with Gasteiger partial charge in [-0.15, -0.1) is 0 Å². The van der Waals surface area contributed by atoms with Crippen molar-refractivity contribution in [1.82, 2.24) is 0 Å².